The molecule has 1 amide bonds. The van der Waals surface area contributed by atoms with Gasteiger partial charge in [-0.15, -0.1) is 0 Å². The minimum atomic E-state index is -1.10. The van der Waals surface area contributed by atoms with Gasteiger partial charge in [-0.25, -0.2) is 4.39 Å². The molecule has 0 spiro atoms. The third-order valence-corrected chi connectivity index (χ3v) is 7.61. The van der Waals surface area contributed by atoms with E-state index >= 15 is 0 Å². The SMILES string of the molecule is CC[C@H]1/C=C/COc2cc(F)ccc2[C@@H](c2ccccc2)N2CN1C(=O)C1=C(OCc3ccccc3)C(O)C=CN12. The van der Waals surface area contributed by atoms with E-state index in [2.05, 4.69) is 0 Å². The molecule has 1 fully saturated rings. The molecule has 3 aromatic carbocycles. The molecule has 0 radical (unpaired) electrons. The van der Waals surface area contributed by atoms with E-state index in [9.17, 15) is 14.3 Å². The van der Waals surface area contributed by atoms with Crippen molar-refractivity contribution in [3.05, 3.63) is 137 Å². The fourth-order valence-corrected chi connectivity index (χ4v) is 5.59. The number of hydrogen-bond donors (Lipinski definition) is 1. The smallest absolute Gasteiger partial charge is 0.277 e. The Morgan fingerprint density at radius 3 is 2.54 bits per heavy atom. The first-order valence-corrected chi connectivity index (χ1v) is 13.8. The summed E-state index contributed by atoms with van der Waals surface area (Å²) in [4.78, 5) is 16.0. The van der Waals surface area contributed by atoms with Gasteiger partial charge in [-0.3, -0.25) is 9.80 Å². The summed E-state index contributed by atoms with van der Waals surface area (Å²) in [6.07, 6.45) is 6.71. The fraction of sp³-hybridized carbons (Fsp3) is 0.242. The second-order valence-corrected chi connectivity index (χ2v) is 10.2. The quantitative estimate of drug-likeness (QED) is 0.434. The van der Waals surface area contributed by atoms with Gasteiger partial charge in [-0.05, 0) is 35.8 Å². The van der Waals surface area contributed by atoms with Crippen LogP contribution in [0.2, 0.25) is 0 Å². The van der Waals surface area contributed by atoms with Crippen LogP contribution in [-0.4, -0.2) is 51.4 Å². The van der Waals surface area contributed by atoms with Crippen molar-refractivity contribution in [1.82, 2.24) is 14.9 Å². The number of nitrogens with zero attached hydrogens (tertiary/aromatic N) is 3. The number of aliphatic hydroxyl groups excluding tert-OH is 1. The summed E-state index contributed by atoms with van der Waals surface area (Å²) in [6.45, 7) is 2.69. The third-order valence-electron chi connectivity index (χ3n) is 7.61. The number of hydrazine groups is 1. The summed E-state index contributed by atoms with van der Waals surface area (Å²) in [7, 11) is 0. The van der Waals surface area contributed by atoms with Crippen LogP contribution in [0.5, 0.6) is 5.75 Å². The van der Waals surface area contributed by atoms with Gasteiger partial charge >= 0.3 is 0 Å². The van der Waals surface area contributed by atoms with E-state index in [1.165, 1.54) is 12.1 Å². The number of halogens is 1. The van der Waals surface area contributed by atoms with Crippen LogP contribution in [0.4, 0.5) is 4.39 Å². The Balaban J connectivity index is 1.53. The molecule has 3 heterocycles. The van der Waals surface area contributed by atoms with Gasteiger partial charge in [0.25, 0.3) is 5.91 Å². The van der Waals surface area contributed by atoms with Crippen LogP contribution in [0.15, 0.2) is 115 Å². The van der Waals surface area contributed by atoms with Crippen molar-refractivity contribution in [3.8, 4) is 5.75 Å². The molecule has 210 valence electrons. The lowest BCUT2D eigenvalue weighted by molar-refractivity contribution is -0.153. The molecule has 1 N–H and O–H groups in total. The second kappa shape index (κ2) is 11.6. The minimum absolute atomic E-state index is 0.187. The number of fused-ring (bicyclic) bond motifs is 5. The maximum Gasteiger partial charge on any atom is 0.277 e. The average molecular weight is 554 g/mol. The molecule has 4 atom stereocenters. The standard InChI is InChI=1S/C33H32FN3O4/c1-2-26-14-9-19-40-29-20-25(34)15-16-27(29)30(24-12-7-4-8-13-24)37-22-35(26)33(39)31-32(28(38)17-18-36(31)37)41-21-23-10-5-3-6-11-23/h3-18,20,26,28,30,38H,2,19,21-22H2,1H3/b14-9+/t26-,28?,30+/m0/s1. The molecule has 7 nitrogen and oxygen atoms in total. The van der Waals surface area contributed by atoms with Crippen LogP contribution in [0, 0.1) is 5.82 Å². The van der Waals surface area contributed by atoms with Crippen molar-refractivity contribution in [3.63, 3.8) is 0 Å². The zero-order valence-electron chi connectivity index (χ0n) is 22.8. The topological polar surface area (TPSA) is 65.5 Å². The average Bonchev–Trinajstić information content (AvgIpc) is 3.02. The molecule has 3 aromatic rings. The van der Waals surface area contributed by atoms with Crippen LogP contribution in [0.1, 0.15) is 36.1 Å². The summed E-state index contributed by atoms with van der Waals surface area (Å²) in [5, 5.41) is 14.9. The van der Waals surface area contributed by atoms with E-state index in [0.717, 1.165) is 16.7 Å². The molecule has 41 heavy (non-hydrogen) atoms. The molecule has 1 saturated heterocycles. The van der Waals surface area contributed by atoms with Gasteiger partial charge in [-0.2, -0.15) is 5.01 Å². The second-order valence-electron chi connectivity index (χ2n) is 10.2. The van der Waals surface area contributed by atoms with Gasteiger partial charge in [0.2, 0.25) is 0 Å². The zero-order chi connectivity index (χ0) is 28.3. The number of aliphatic hydroxyl groups is 1. The van der Waals surface area contributed by atoms with E-state index in [4.69, 9.17) is 9.47 Å². The molecule has 3 aliphatic rings. The Labute approximate surface area is 239 Å². The number of benzene rings is 3. The van der Waals surface area contributed by atoms with E-state index in [0.29, 0.717) is 12.2 Å². The van der Waals surface area contributed by atoms with Gasteiger partial charge < -0.3 is 19.5 Å². The Morgan fingerprint density at radius 2 is 1.78 bits per heavy atom. The lowest BCUT2D eigenvalue weighted by Crippen LogP contribution is -2.60. The van der Waals surface area contributed by atoms with Gasteiger partial charge in [0.1, 0.15) is 30.9 Å². The van der Waals surface area contributed by atoms with Crippen molar-refractivity contribution in [1.29, 1.82) is 0 Å². The Morgan fingerprint density at radius 1 is 1.02 bits per heavy atom. The lowest BCUT2D eigenvalue weighted by Gasteiger charge is -2.50. The van der Waals surface area contributed by atoms with Crippen LogP contribution in [-0.2, 0) is 16.1 Å². The molecule has 0 aliphatic carbocycles. The molecule has 0 aromatic heterocycles. The normalized spacial score (nSPS) is 24.6. The first-order valence-electron chi connectivity index (χ1n) is 13.8. The highest BCUT2D eigenvalue weighted by atomic mass is 19.1. The maximum atomic E-state index is 14.5. The van der Waals surface area contributed by atoms with E-state index < -0.39 is 18.0 Å². The molecular formula is C33H32FN3O4. The third kappa shape index (κ3) is 5.24. The van der Waals surface area contributed by atoms with Crippen LogP contribution >= 0.6 is 0 Å². The predicted octanol–water partition coefficient (Wildman–Crippen LogP) is 5.28. The number of amides is 1. The Bertz CT molecular complexity index is 1490. The fourth-order valence-electron chi connectivity index (χ4n) is 5.59. The summed E-state index contributed by atoms with van der Waals surface area (Å²) in [5.74, 6) is -0.0221. The monoisotopic (exact) mass is 553 g/mol. The molecule has 6 rings (SSSR count). The lowest BCUT2D eigenvalue weighted by atomic mass is 9.96. The largest absolute Gasteiger partial charge is 0.489 e. The maximum absolute atomic E-state index is 14.5. The number of rotatable bonds is 5. The van der Waals surface area contributed by atoms with Crippen molar-refractivity contribution in [2.75, 3.05) is 13.3 Å². The highest BCUT2D eigenvalue weighted by molar-refractivity contribution is 5.95. The van der Waals surface area contributed by atoms with Crippen molar-refractivity contribution in [2.24, 2.45) is 0 Å². The predicted molar refractivity (Wildman–Crippen MR) is 152 cm³/mol. The van der Waals surface area contributed by atoms with Crippen molar-refractivity contribution < 1.29 is 23.8 Å². The molecular weight excluding hydrogens is 521 g/mol. The molecule has 2 unspecified atom stereocenters. The summed E-state index contributed by atoms with van der Waals surface area (Å²) in [6, 6.07) is 23.4. The molecule has 2 bridgehead atoms. The minimum Gasteiger partial charge on any atom is -0.489 e. The molecule has 0 saturated carbocycles. The Kier molecular flexibility index (Phi) is 7.59. The summed E-state index contributed by atoms with van der Waals surface area (Å²) in [5.41, 5.74) is 2.85. The number of hydrogen-bond acceptors (Lipinski definition) is 6. The van der Waals surface area contributed by atoms with E-state index in [1.807, 2.05) is 84.7 Å². The number of ether oxygens (including phenoxy) is 2. The van der Waals surface area contributed by atoms with Gasteiger partial charge in [0.05, 0.1) is 18.8 Å². The van der Waals surface area contributed by atoms with Gasteiger partial charge in [0, 0.05) is 17.8 Å². The van der Waals surface area contributed by atoms with Crippen LogP contribution in [0.25, 0.3) is 0 Å². The number of carbonyl (C=O) groups is 1. The van der Waals surface area contributed by atoms with E-state index in [-0.39, 0.29) is 43.3 Å². The van der Waals surface area contributed by atoms with Crippen molar-refractivity contribution in [2.45, 2.75) is 38.1 Å². The van der Waals surface area contributed by atoms with Crippen LogP contribution < -0.4 is 4.74 Å². The Hall–Kier alpha value is -4.40. The first-order chi connectivity index (χ1) is 20.0. The van der Waals surface area contributed by atoms with Crippen LogP contribution in [0.3, 0.4) is 0 Å². The van der Waals surface area contributed by atoms with Gasteiger partial charge in [-0.1, -0.05) is 79.7 Å². The molecule has 8 heteroatoms. The number of carbonyl (C=O) groups excluding carboxylic acids is 1. The molecule has 3 aliphatic heterocycles. The zero-order valence-corrected chi connectivity index (χ0v) is 22.8. The van der Waals surface area contributed by atoms with Crippen molar-refractivity contribution >= 4 is 5.91 Å². The summed E-state index contributed by atoms with van der Waals surface area (Å²) >= 11 is 0. The highest BCUT2D eigenvalue weighted by Gasteiger charge is 2.45. The summed E-state index contributed by atoms with van der Waals surface area (Å²) < 4.78 is 26.8. The highest BCUT2D eigenvalue weighted by Crippen LogP contribution is 2.42. The van der Waals surface area contributed by atoms with E-state index in [1.54, 1.807) is 28.3 Å². The first kappa shape index (κ1) is 26.8. The van der Waals surface area contributed by atoms with Gasteiger partial charge in [0.15, 0.2) is 11.5 Å².